The van der Waals surface area contributed by atoms with Crippen molar-refractivity contribution in [3.63, 3.8) is 0 Å². The van der Waals surface area contributed by atoms with E-state index >= 15 is 0 Å². The molecule has 6 heteroatoms. The molecule has 0 fully saturated rings. The van der Waals surface area contributed by atoms with Crippen molar-refractivity contribution in [3.05, 3.63) is 46.5 Å². The summed E-state index contributed by atoms with van der Waals surface area (Å²) >= 11 is 6.15. The van der Waals surface area contributed by atoms with E-state index in [1.54, 1.807) is 19.2 Å². The molecule has 23 heavy (non-hydrogen) atoms. The fraction of sp³-hybridized carbons (Fsp3) is 0.235. The van der Waals surface area contributed by atoms with E-state index in [9.17, 15) is 4.79 Å². The summed E-state index contributed by atoms with van der Waals surface area (Å²) in [6, 6.07) is 9.16. The molecule has 0 aromatic heterocycles. The SMILES string of the molecule is COc1ccc(Cl)cc1[C@H]1CC(=O)Nc2cc3c(cc21)OCO3. The van der Waals surface area contributed by atoms with Crippen LogP contribution >= 0.6 is 11.6 Å². The number of benzene rings is 2. The molecule has 0 aliphatic carbocycles. The van der Waals surface area contributed by atoms with Crippen LogP contribution in [0.3, 0.4) is 0 Å². The number of anilines is 1. The summed E-state index contributed by atoms with van der Waals surface area (Å²) in [7, 11) is 1.61. The number of nitrogens with one attached hydrogen (secondary N) is 1. The summed E-state index contributed by atoms with van der Waals surface area (Å²) in [4.78, 5) is 12.1. The Labute approximate surface area is 138 Å². The minimum Gasteiger partial charge on any atom is -0.496 e. The molecule has 0 bridgehead atoms. The molecule has 1 amide bonds. The molecule has 2 aliphatic rings. The van der Waals surface area contributed by atoms with E-state index in [-0.39, 0.29) is 18.6 Å². The Morgan fingerprint density at radius 3 is 2.74 bits per heavy atom. The number of amides is 1. The van der Waals surface area contributed by atoms with Crippen molar-refractivity contribution in [2.75, 3.05) is 19.2 Å². The molecule has 0 radical (unpaired) electrons. The van der Waals surface area contributed by atoms with Crippen molar-refractivity contribution >= 4 is 23.2 Å². The Kier molecular flexibility index (Phi) is 3.31. The van der Waals surface area contributed by atoms with E-state index in [1.807, 2.05) is 18.2 Å². The second kappa shape index (κ2) is 5.35. The van der Waals surface area contributed by atoms with Crippen LogP contribution in [0.1, 0.15) is 23.5 Å². The lowest BCUT2D eigenvalue weighted by molar-refractivity contribution is -0.116. The van der Waals surface area contributed by atoms with Crippen LogP contribution in [-0.4, -0.2) is 19.8 Å². The number of carbonyl (C=O) groups is 1. The highest BCUT2D eigenvalue weighted by atomic mass is 35.5. The molecule has 2 aromatic carbocycles. The lowest BCUT2D eigenvalue weighted by atomic mass is 9.84. The highest BCUT2D eigenvalue weighted by molar-refractivity contribution is 6.30. The second-order valence-corrected chi connectivity index (χ2v) is 5.92. The van der Waals surface area contributed by atoms with E-state index in [0.717, 1.165) is 16.8 Å². The van der Waals surface area contributed by atoms with Crippen LogP contribution in [0.2, 0.25) is 5.02 Å². The van der Waals surface area contributed by atoms with Gasteiger partial charge in [0, 0.05) is 34.7 Å². The first-order valence-corrected chi connectivity index (χ1v) is 7.60. The summed E-state index contributed by atoms with van der Waals surface area (Å²) in [5.41, 5.74) is 2.59. The van der Waals surface area contributed by atoms with Crippen LogP contribution in [0.15, 0.2) is 30.3 Å². The fourth-order valence-corrected chi connectivity index (χ4v) is 3.29. The van der Waals surface area contributed by atoms with E-state index in [1.165, 1.54) is 0 Å². The van der Waals surface area contributed by atoms with Gasteiger partial charge in [-0.2, -0.15) is 0 Å². The lowest BCUT2D eigenvalue weighted by Crippen LogP contribution is -2.23. The molecule has 1 N–H and O–H groups in total. The number of fused-ring (bicyclic) bond motifs is 2. The van der Waals surface area contributed by atoms with Gasteiger partial charge in [-0.15, -0.1) is 0 Å². The van der Waals surface area contributed by atoms with Gasteiger partial charge in [0.15, 0.2) is 11.5 Å². The molecule has 2 aromatic rings. The topological polar surface area (TPSA) is 56.8 Å². The van der Waals surface area contributed by atoms with Gasteiger partial charge in [0.05, 0.1) is 7.11 Å². The highest BCUT2D eigenvalue weighted by Gasteiger charge is 2.31. The maximum atomic E-state index is 12.1. The zero-order chi connectivity index (χ0) is 16.0. The van der Waals surface area contributed by atoms with Crippen molar-refractivity contribution in [3.8, 4) is 17.2 Å². The Balaban J connectivity index is 1.88. The van der Waals surface area contributed by atoms with Gasteiger partial charge in [-0.3, -0.25) is 4.79 Å². The molecular formula is C17H14ClNO4. The van der Waals surface area contributed by atoms with Crippen molar-refractivity contribution in [1.29, 1.82) is 0 Å². The van der Waals surface area contributed by atoms with Gasteiger partial charge in [0.1, 0.15) is 5.75 Å². The predicted octanol–water partition coefficient (Wildman–Crippen LogP) is 3.55. The van der Waals surface area contributed by atoms with Crippen molar-refractivity contribution in [2.45, 2.75) is 12.3 Å². The smallest absolute Gasteiger partial charge is 0.231 e. The van der Waals surface area contributed by atoms with Gasteiger partial charge in [-0.1, -0.05) is 11.6 Å². The largest absolute Gasteiger partial charge is 0.496 e. The summed E-state index contributed by atoms with van der Waals surface area (Å²) in [6.45, 7) is 0.192. The van der Waals surface area contributed by atoms with Gasteiger partial charge < -0.3 is 19.5 Å². The zero-order valence-electron chi connectivity index (χ0n) is 12.4. The number of halogens is 1. The molecule has 1 atom stereocenters. The minimum absolute atomic E-state index is 0.0524. The average Bonchev–Trinajstić information content (AvgIpc) is 2.99. The quantitative estimate of drug-likeness (QED) is 0.914. The summed E-state index contributed by atoms with van der Waals surface area (Å²) in [5, 5.41) is 3.50. The van der Waals surface area contributed by atoms with E-state index in [2.05, 4.69) is 5.32 Å². The monoisotopic (exact) mass is 331 g/mol. The second-order valence-electron chi connectivity index (χ2n) is 5.48. The van der Waals surface area contributed by atoms with E-state index in [0.29, 0.717) is 28.7 Å². The number of rotatable bonds is 2. The zero-order valence-corrected chi connectivity index (χ0v) is 13.1. The Hall–Kier alpha value is -2.40. The van der Waals surface area contributed by atoms with Crippen molar-refractivity contribution in [1.82, 2.24) is 0 Å². The number of hydrogen-bond acceptors (Lipinski definition) is 4. The van der Waals surface area contributed by atoms with Crippen LogP contribution in [0, 0.1) is 0 Å². The predicted molar refractivity (Wildman–Crippen MR) is 85.7 cm³/mol. The van der Waals surface area contributed by atoms with Gasteiger partial charge in [0.2, 0.25) is 12.7 Å². The molecule has 2 heterocycles. The third kappa shape index (κ3) is 2.37. The lowest BCUT2D eigenvalue weighted by Gasteiger charge is -2.27. The van der Waals surface area contributed by atoms with Gasteiger partial charge in [0.25, 0.3) is 0 Å². The Morgan fingerprint density at radius 2 is 1.96 bits per heavy atom. The minimum atomic E-state index is -0.151. The molecule has 2 aliphatic heterocycles. The number of hydrogen-bond donors (Lipinski definition) is 1. The third-order valence-corrected chi connectivity index (χ3v) is 4.39. The summed E-state index contributed by atoms with van der Waals surface area (Å²) in [5.74, 6) is 1.83. The van der Waals surface area contributed by atoms with E-state index < -0.39 is 0 Å². The Bertz CT molecular complexity index is 805. The third-order valence-electron chi connectivity index (χ3n) is 4.15. The normalized spacial score (nSPS) is 18.3. The molecule has 0 saturated heterocycles. The van der Waals surface area contributed by atoms with E-state index in [4.69, 9.17) is 25.8 Å². The number of carbonyl (C=O) groups excluding carboxylic acids is 1. The van der Waals surface area contributed by atoms with Crippen LogP contribution in [0.5, 0.6) is 17.2 Å². The summed E-state index contributed by atoms with van der Waals surface area (Å²) < 4.78 is 16.3. The maximum absolute atomic E-state index is 12.1. The van der Waals surface area contributed by atoms with Gasteiger partial charge in [-0.25, -0.2) is 0 Å². The first-order valence-electron chi connectivity index (χ1n) is 7.22. The molecule has 118 valence electrons. The molecule has 4 rings (SSSR count). The average molecular weight is 332 g/mol. The van der Waals surface area contributed by atoms with Crippen LogP contribution in [0.25, 0.3) is 0 Å². The van der Waals surface area contributed by atoms with Crippen LogP contribution < -0.4 is 19.5 Å². The van der Waals surface area contributed by atoms with Gasteiger partial charge in [-0.05, 0) is 29.8 Å². The fourth-order valence-electron chi connectivity index (χ4n) is 3.11. The van der Waals surface area contributed by atoms with Crippen molar-refractivity contribution < 1.29 is 19.0 Å². The van der Waals surface area contributed by atoms with Crippen LogP contribution in [-0.2, 0) is 4.79 Å². The van der Waals surface area contributed by atoms with Gasteiger partial charge >= 0.3 is 0 Å². The first kappa shape index (κ1) is 14.2. The van der Waals surface area contributed by atoms with Crippen molar-refractivity contribution in [2.24, 2.45) is 0 Å². The Morgan fingerprint density at radius 1 is 1.17 bits per heavy atom. The molecule has 0 spiro atoms. The summed E-state index contributed by atoms with van der Waals surface area (Å²) in [6.07, 6.45) is 0.323. The van der Waals surface area contributed by atoms with Crippen LogP contribution in [0.4, 0.5) is 5.69 Å². The molecule has 0 unspecified atom stereocenters. The standard InChI is InChI=1S/C17H14ClNO4/c1-21-14-3-2-9(18)4-12(14)10-6-17(20)19-13-7-16-15(5-11(10)13)22-8-23-16/h2-5,7,10H,6,8H2,1H3,(H,19,20)/t10-/m0/s1. The highest BCUT2D eigenvalue weighted by Crippen LogP contribution is 2.46. The molecule has 5 nitrogen and oxygen atoms in total. The first-order chi connectivity index (χ1) is 11.2. The number of methoxy groups -OCH3 is 1. The number of ether oxygens (including phenoxy) is 3. The molecular weight excluding hydrogens is 318 g/mol. The molecule has 0 saturated carbocycles. The maximum Gasteiger partial charge on any atom is 0.231 e.